The summed E-state index contributed by atoms with van der Waals surface area (Å²) in [5, 5.41) is 12.0. The zero-order valence-electron chi connectivity index (χ0n) is 11.5. The van der Waals surface area contributed by atoms with Gasteiger partial charge in [-0.2, -0.15) is 0 Å². The Balaban J connectivity index is 2.48. The van der Waals surface area contributed by atoms with Gasteiger partial charge in [0, 0.05) is 17.3 Å². The Hall–Kier alpha value is -1.20. The highest BCUT2D eigenvalue weighted by Crippen LogP contribution is 2.24. The highest BCUT2D eigenvalue weighted by Gasteiger charge is 2.29. The van der Waals surface area contributed by atoms with Crippen molar-refractivity contribution >= 4 is 35.2 Å². The maximum atomic E-state index is 12.2. The van der Waals surface area contributed by atoms with E-state index in [1.807, 2.05) is 26.0 Å². The number of benzene rings is 1. The van der Waals surface area contributed by atoms with E-state index < -0.39 is 11.4 Å². The Morgan fingerprint density at radius 3 is 2.45 bits per heavy atom. The zero-order chi connectivity index (χ0) is 15.2. The van der Waals surface area contributed by atoms with Crippen molar-refractivity contribution in [2.75, 3.05) is 18.1 Å². The molecule has 0 aliphatic rings. The minimum atomic E-state index is -0.845. The molecule has 0 aliphatic carbocycles. The van der Waals surface area contributed by atoms with Crippen LogP contribution in [0.5, 0.6) is 0 Å². The van der Waals surface area contributed by atoms with Gasteiger partial charge in [0.2, 0.25) is 5.91 Å². The van der Waals surface area contributed by atoms with Gasteiger partial charge < -0.3 is 10.4 Å². The number of aliphatic carboxylic acids is 1. The topological polar surface area (TPSA) is 66.4 Å². The molecule has 0 saturated heterocycles. The van der Waals surface area contributed by atoms with Crippen molar-refractivity contribution in [1.29, 1.82) is 0 Å². The number of thioether (sulfide) groups is 1. The Morgan fingerprint density at radius 1 is 1.30 bits per heavy atom. The summed E-state index contributed by atoms with van der Waals surface area (Å²) in [4.78, 5) is 22.5. The van der Waals surface area contributed by atoms with Gasteiger partial charge in [-0.15, -0.1) is 11.8 Å². The normalized spacial score (nSPS) is 11.2. The number of rotatable bonds is 7. The third kappa shape index (κ3) is 5.06. The summed E-state index contributed by atoms with van der Waals surface area (Å²) in [7, 11) is 0. The summed E-state index contributed by atoms with van der Waals surface area (Å²) in [5.41, 5.74) is 0.236. The predicted octanol–water partition coefficient (Wildman–Crippen LogP) is 2.55. The second-order valence-electron chi connectivity index (χ2n) is 4.83. The van der Waals surface area contributed by atoms with Crippen molar-refractivity contribution < 1.29 is 14.7 Å². The van der Waals surface area contributed by atoms with Crippen LogP contribution in [0.15, 0.2) is 24.3 Å². The molecule has 0 aromatic heterocycles. The highest BCUT2D eigenvalue weighted by atomic mass is 35.5. The monoisotopic (exact) mass is 315 g/mol. The molecule has 1 amide bonds. The molecule has 0 bridgehead atoms. The standard InChI is InChI=1S/C14H18ClNO3S/c1-14(2,10-3-5-11(15)6-4-10)13(19)16-7-8-20-9-12(17)18/h3-6H,7-9H2,1-2H3,(H,16,19)(H,17,18). The summed E-state index contributed by atoms with van der Waals surface area (Å²) in [6.45, 7) is 4.14. The number of halogens is 1. The van der Waals surface area contributed by atoms with E-state index in [1.165, 1.54) is 11.8 Å². The van der Waals surface area contributed by atoms with Crippen LogP contribution >= 0.6 is 23.4 Å². The number of nitrogens with one attached hydrogen (secondary N) is 1. The van der Waals surface area contributed by atoms with Crippen molar-refractivity contribution in [2.45, 2.75) is 19.3 Å². The number of carboxylic acids is 1. The van der Waals surface area contributed by atoms with Crippen LogP contribution in [0.2, 0.25) is 5.02 Å². The van der Waals surface area contributed by atoms with E-state index in [9.17, 15) is 9.59 Å². The first kappa shape index (κ1) is 16.9. The van der Waals surface area contributed by atoms with Gasteiger partial charge in [0.1, 0.15) is 0 Å². The van der Waals surface area contributed by atoms with Crippen LogP contribution in [-0.2, 0) is 15.0 Å². The van der Waals surface area contributed by atoms with Gasteiger partial charge in [-0.25, -0.2) is 0 Å². The predicted molar refractivity (Wildman–Crippen MR) is 82.4 cm³/mol. The van der Waals surface area contributed by atoms with Crippen LogP contribution in [0.3, 0.4) is 0 Å². The lowest BCUT2D eigenvalue weighted by atomic mass is 9.84. The largest absolute Gasteiger partial charge is 0.481 e. The molecule has 6 heteroatoms. The number of hydrogen-bond donors (Lipinski definition) is 2. The molecule has 110 valence electrons. The summed E-state index contributed by atoms with van der Waals surface area (Å²) in [6.07, 6.45) is 0. The Morgan fingerprint density at radius 2 is 1.90 bits per heavy atom. The SMILES string of the molecule is CC(C)(C(=O)NCCSCC(=O)O)c1ccc(Cl)cc1. The van der Waals surface area contributed by atoms with E-state index in [0.717, 1.165) is 5.56 Å². The summed E-state index contributed by atoms with van der Waals surface area (Å²) in [5.74, 6) is -0.302. The lowest BCUT2D eigenvalue weighted by Gasteiger charge is -2.24. The lowest BCUT2D eigenvalue weighted by Crippen LogP contribution is -2.41. The maximum Gasteiger partial charge on any atom is 0.313 e. The maximum absolute atomic E-state index is 12.2. The first-order valence-corrected chi connectivity index (χ1v) is 7.71. The third-order valence-electron chi connectivity index (χ3n) is 2.89. The van der Waals surface area contributed by atoms with E-state index in [-0.39, 0.29) is 11.7 Å². The van der Waals surface area contributed by atoms with Gasteiger partial charge in [0.05, 0.1) is 11.2 Å². The number of carbonyl (C=O) groups excluding carboxylic acids is 1. The molecule has 0 heterocycles. The summed E-state index contributed by atoms with van der Waals surface area (Å²) >= 11 is 7.11. The molecule has 0 atom stereocenters. The Labute approximate surface area is 127 Å². The number of carbonyl (C=O) groups is 2. The highest BCUT2D eigenvalue weighted by molar-refractivity contribution is 7.99. The van der Waals surface area contributed by atoms with Gasteiger partial charge in [-0.05, 0) is 31.5 Å². The molecule has 0 spiro atoms. The van der Waals surface area contributed by atoms with Gasteiger partial charge in [0.15, 0.2) is 0 Å². The summed E-state index contributed by atoms with van der Waals surface area (Å²) in [6, 6.07) is 7.19. The molecule has 0 fully saturated rings. The molecule has 0 radical (unpaired) electrons. The van der Waals surface area contributed by atoms with Crippen LogP contribution in [0.4, 0.5) is 0 Å². The molecule has 2 N–H and O–H groups in total. The Kier molecular flexibility index (Phi) is 6.36. The van der Waals surface area contributed by atoms with E-state index in [4.69, 9.17) is 16.7 Å². The second-order valence-corrected chi connectivity index (χ2v) is 6.38. The van der Waals surface area contributed by atoms with Crippen LogP contribution in [0, 0.1) is 0 Å². The molecular formula is C14H18ClNO3S. The van der Waals surface area contributed by atoms with Crippen molar-refractivity contribution in [3.05, 3.63) is 34.9 Å². The molecule has 1 aromatic rings. The first-order valence-electron chi connectivity index (χ1n) is 6.18. The van der Waals surface area contributed by atoms with E-state index in [1.54, 1.807) is 12.1 Å². The van der Waals surface area contributed by atoms with Crippen molar-refractivity contribution in [3.8, 4) is 0 Å². The zero-order valence-corrected chi connectivity index (χ0v) is 13.1. The molecule has 0 aliphatic heterocycles. The average Bonchev–Trinajstić information content (AvgIpc) is 2.38. The molecule has 1 rings (SSSR count). The smallest absolute Gasteiger partial charge is 0.313 e. The minimum Gasteiger partial charge on any atom is -0.481 e. The lowest BCUT2D eigenvalue weighted by molar-refractivity contribution is -0.134. The first-order chi connectivity index (χ1) is 9.34. The molecule has 1 aromatic carbocycles. The van der Waals surface area contributed by atoms with E-state index in [2.05, 4.69) is 5.32 Å². The number of carboxylic acid groups (broad SMARTS) is 1. The fraction of sp³-hybridized carbons (Fsp3) is 0.429. The number of amides is 1. The van der Waals surface area contributed by atoms with Crippen molar-refractivity contribution in [1.82, 2.24) is 5.32 Å². The third-order valence-corrected chi connectivity index (χ3v) is 4.09. The summed E-state index contributed by atoms with van der Waals surface area (Å²) < 4.78 is 0. The molecule has 0 saturated carbocycles. The van der Waals surface area contributed by atoms with Gasteiger partial charge in [-0.1, -0.05) is 23.7 Å². The second kappa shape index (κ2) is 7.55. The van der Waals surface area contributed by atoms with Gasteiger partial charge in [0.25, 0.3) is 0 Å². The fourth-order valence-corrected chi connectivity index (χ4v) is 2.31. The molecule has 20 heavy (non-hydrogen) atoms. The minimum absolute atomic E-state index is 0.0520. The van der Waals surface area contributed by atoms with Gasteiger partial charge in [-0.3, -0.25) is 9.59 Å². The molecule has 0 unspecified atom stereocenters. The molecule has 4 nitrogen and oxygen atoms in total. The average molecular weight is 316 g/mol. The quantitative estimate of drug-likeness (QED) is 0.759. The Bertz CT molecular complexity index is 474. The van der Waals surface area contributed by atoms with Crippen molar-refractivity contribution in [3.63, 3.8) is 0 Å². The van der Waals surface area contributed by atoms with Crippen molar-refractivity contribution in [2.24, 2.45) is 0 Å². The number of hydrogen-bond acceptors (Lipinski definition) is 3. The van der Waals surface area contributed by atoms with E-state index in [0.29, 0.717) is 17.3 Å². The van der Waals surface area contributed by atoms with Crippen LogP contribution in [0.1, 0.15) is 19.4 Å². The molecular weight excluding hydrogens is 298 g/mol. The van der Waals surface area contributed by atoms with Crippen LogP contribution in [-0.4, -0.2) is 35.0 Å². The van der Waals surface area contributed by atoms with Crippen LogP contribution < -0.4 is 5.32 Å². The fourth-order valence-electron chi connectivity index (χ4n) is 1.61. The van der Waals surface area contributed by atoms with Gasteiger partial charge >= 0.3 is 5.97 Å². The van der Waals surface area contributed by atoms with E-state index >= 15 is 0 Å². The van der Waals surface area contributed by atoms with Crippen LogP contribution in [0.25, 0.3) is 0 Å².